The van der Waals surface area contributed by atoms with Crippen LogP contribution < -0.4 is 15.1 Å². The van der Waals surface area contributed by atoms with Gasteiger partial charge in [-0.05, 0) is 11.6 Å². The first kappa shape index (κ1) is 25.8. The van der Waals surface area contributed by atoms with Gasteiger partial charge >= 0.3 is 24.2 Å². The molecule has 1 unspecified atom stereocenters. The van der Waals surface area contributed by atoms with Crippen molar-refractivity contribution in [3.63, 3.8) is 0 Å². The van der Waals surface area contributed by atoms with Crippen LogP contribution in [0.5, 0.6) is 0 Å². The van der Waals surface area contributed by atoms with E-state index in [0.29, 0.717) is 23.1 Å². The summed E-state index contributed by atoms with van der Waals surface area (Å²) in [7, 11) is 0. The Hall–Kier alpha value is -4.30. The number of carboxylic acid groups (broad SMARTS) is 1. The monoisotopic (exact) mass is 530 g/mol. The fraction of sp³-hybridized carbons (Fsp3) is 0.273. The molecule has 2 aliphatic rings. The highest BCUT2D eigenvalue weighted by Crippen LogP contribution is 2.36. The van der Waals surface area contributed by atoms with Gasteiger partial charge in [0.05, 0.1) is 24.3 Å². The number of rotatable bonds is 5. The largest absolute Gasteiger partial charge is 0.481 e. The van der Waals surface area contributed by atoms with Gasteiger partial charge in [0.15, 0.2) is 17.6 Å². The normalized spacial score (nSPS) is 18.5. The molecule has 2 N–H and O–H groups in total. The minimum absolute atomic E-state index is 0.0623. The maximum atomic E-state index is 14.9. The van der Waals surface area contributed by atoms with Crippen molar-refractivity contribution in [1.82, 2.24) is 10.2 Å². The van der Waals surface area contributed by atoms with Gasteiger partial charge in [-0.25, -0.2) is 22.8 Å². The summed E-state index contributed by atoms with van der Waals surface area (Å²) in [6.07, 6.45) is -5.21. The first-order chi connectivity index (χ1) is 17.3. The second-order valence-electron chi connectivity index (χ2n) is 8.12. The molecule has 1 atom stereocenters. The summed E-state index contributed by atoms with van der Waals surface area (Å²) < 4.78 is 84.0. The Morgan fingerprint density at radius 1 is 1.03 bits per heavy atom. The van der Waals surface area contributed by atoms with Crippen LogP contribution in [0.4, 0.5) is 47.3 Å². The van der Waals surface area contributed by atoms with Crippen molar-refractivity contribution >= 4 is 35.3 Å². The SMILES string of the molecule is O=C(O)C1CN(c2cc(F)c(N3CCNC3=O)c(F)c2)C(=O)N(Cc2cccc(F)c2C(F)(F)F)C1=O. The third-order valence-electron chi connectivity index (χ3n) is 5.84. The van der Waals surface area contributed by atoms with Gasteiger partial charge < -0.3 is 10.4 Å². The number of alkyl halides is 3. The van der Waals surface area contributed by atoms with Crippen LogP contribution in [0.15, 0.2) is 30.3 Å². The number of aliphatic carboxylic acids is 1. The average molecular weight is 530 g/mol. The molecule has 2 aromatic rings. The Balaban J connectivity index is 1.74. The van der Waals surface area contributed by atoms with E-state index < -0.39 is 89.1 Å². The van der Waals surface area contributed by atoms with Gasteiger partial charge in [-0.15, -0.1) is 0 Å². The Morgan fingerprint density at radius 3 is 2.22 bits per heavy atom. The van der Waals surface area contributed by atoms with E-state index in [4.69, 9.17) is 0 Å². The highest BCUT2D eigenvalue weighted by molar-refractivity contribution is 6.12. The Labute approximate surface area is 203 Å². The van der Waals surface area contributed by atoms with Crippen LogP contribution in [0, 0.1) is 23.4 Å². The van der Waals surface area contributed by atoms with E-state index in [1.807, 2.05) is 0 Å². The van der Waals surface area contributed by atoms with E-state index in [-0.39, 0.29) is 18.0 Å². The molecule has 0 aliphatic carbocycles. The molecule has 37 heavy (non-hydrogen) atoms. The molecule has 2 saturated heterocycles. The lowest BCUT2D eigenvalue weighted by Gasteiger charge is -2.37. The maximum absolute atomic E-state index is 14.9. The molecule has 5 amide bonds. The van der Waals surface area contributed by atoms with Crippen LogP contribution in [-0.4, -0.2) is 53.6 Å². The number of halogens is 6. The van der Waals surface area contributed by atoms with Crippen LogP contribution in [0.3, 0.4) is 0 Å². The predicted octanol–water partition coefficient (Wildman–Crippen LogP) is 3.32. The number of amides is 5. The van der Waals surface area contributed by atoms with E-state index in [1.54, 1.807) is 0 Å². The van der Waals surface area contributed by atoms with Crippen molar-refractivity contribution in [2.45, 2.75) is 12.7 Å². The lowest BCUT2D eigenvalue weighted by Crippen LogP contribution is -2.58. The number of carboxylic acids is 1. The van der Waals surface area contributed by atoms with Gasteiger partial charge in [0.25, 0.3) is 0 Å². The number of urea groups is 2. The zero-order chi connectivity index (χ0) is 27.2. The number of carbonyl (C=O) groups is 4. The van der Waals surface area contributed by atoms with E-state index >= 15 is 0 Å². The van der Waals surface area contributed by atoms with E-state index in [1.165, 1.54) is 0 Å². The predicted molar refractivity (Wildman–Crippen MR) is 113 cm³/mol. The number of nitrogens with zero attached hydrogens (tertiary/aromatic N) is 3. The fourth-order valence-corrected chi connectivity index (χ4v) is 4.15. The minimum Gasteiger partial charge on any atom is -0.481 e. The number of hydrogen-bond donors (Lipinski definition) is 2. The minimum atomic E-state index is -5.21. The molecule has 2 aromatic carbocycles. The molecule has 2 aliphatic heterocycles. The lowest BCUT2D eigenvalue weighted by molar-refractivity contribution is -0.151. The molecule has 0 aromatic heterocycles. The molecule has 2 heterocycles. The van der Waals surface area contributed by atoms with Crippen LogP contribution in [0.2, 0.25) is 0 Å². The average Bonchev–Trinajstić information content (AvgIpc) is 3.20. The molecule has 4 rings (SSSR count). The van der Waals surface area contributed by atoms with Gasteiger partial charge in [-0.3, -0.25) is 24.3 Å². The first-order valence-corrected chi connectivity index (χ1v) is 10.6. The van der Waals surface area contributed by atoms with Crippen molar-refractivity contribution in [3.05, 3.63) is 58.9 Å². The number of nitrogens with one attached hydrogen (secondary N) is 1. The Kier molecular flexibility index (Phi) is 6.48. The summed E-state index contributed by atoms with van der Waals surface area (Å²) in [6.45, 7) is -2.00. The maximum Gasteiger partial charge on any atom is 0.419 e. The molecular formula is C22H16F6N4O5. The van der Waals surface area contributed by atoms with E-state index in [9.17, 15) is 50.6 Å². The smallest absolute Gasteiger partial charge is 0.419 e. The van der Waals surface area contributed by atoms with Crippen LogP contribution in [-0.2, 0) is 22.3 Å². The zero-order valence-corrected chi connectivity index (χ0v) is 18.5. The molecule has 15 heteroatoms. The summed E-state index contributed by atoms with van der Waals surface area (Å²) in [6, 6.07) is 1.31. The fourth-order valence-electron chi connectivity index (χ4n) is 4.15. The van der Waals surface area contributed by atoms with Gasteiger partial charge in [0.1, 0.15) is 11.5 Å². The second-order valence-corrected chi connectivity index (χ2v) is 8.12. The molecule has 2 fully saturated rings. The number of carbonyl (C=O) groups excluding carboxylic acids is 3. The van der Waals surface area contributed by atoms with E-state index in [0.717, 1.165) is 17.0 Å². The third-order valence-corrected chi connectivity index (χ3v) is 5.84. The van der Waals surface area contributed by atoms with Crippen LogP contribution >= 0.6 is 0 Å². The highest BCUT2D eigenvalue weighted by atomic mass is 19.4. The number of imide groups is 1. The van der Waals surface area contributed by atoms with E-state index in [2.05, 4.69) is 5.32 Å². The van der Waals surface area contributed by atoms with Crippen molar-refractivity contribution in [2.75, 3.05) is 29.4 Å². The second kappa shape index (κ2) is 9.29. The summed E-state index contributed by atoms with van der Waals surface area (Å²) in [5, 5.41) is 11.8. The van der Waals surface area contributed by atoms with Crippen molar-refractivity contribution in [1.29, 1.82) is 0 Å². The van der Waals surface area contributed by atoms with Crippen molar-refractivity contribution in [2.24, 2.45) is 5.92 Å². The standard InChI is InChI=1S/C22H16F6N4O5/c23-13-3-1-2-10(16(13)22(26,27)28)8-32-18(33)12(19(34)35)9-31(21(32)37)11-6-14(24)17(15(25)7-11)30-5-4-29-20(30)36/h1-3,6-7,12H,4-5,8-9H2,(H,29,36)(H,34,35). The van der Waals surface area contributed by atoms with Gasteiger partial charge in [-0.2, -0.15) is 13.2 Å². The highest BCUT2D eigenvalue weighted by Gasteiger charge is 2.45. The molecule has 0 radical (unpaired) electrons. The first-order valence-electron chi connectivity index (χ1n) is 10.6. The summed E-state index contributed by atoms with van der Waals surface area (Å²) in [5.41, 5.74) is -3.89. The van der Waals surface area contributed by atoms with Gasteiger partial charge in [-0.1, -0.05) is 12.1 Å². The summed E-state index contributed by atoms with van der Waals surface area (Å²) in [4.78, 5) is 50.8. The van der Waals surface area contributed by atoms with Crippen molar-refractivity contribution in [3.8, 4) is 0 Å². The zero-order valence-electron chi connectivity index (χ0n) is 18.5. The molecule has 0 spiro atoms. The molecular weight excluding hydrogens is 514 g/mol. The Morgan fingerprint density at radius 2 is 1.68 bits per heavy atom. The molecule has 196 valence electrons. The molecule has 0 saturated carbocycles. The van der Waals surface area contributed by atoms with Crippen LogP contribution in [0.1, 0.15) is 11.1 Å². The van der Waals surface area contributed by atoms with Crippen molar-refractivity contribution < 1.29 is 50.6 Å². The van der Waals surface area contributed by atoms with Gasteiger partial charge in [0, 0.05) is 25.2 Å². The Bertz CT molecular complexity index is 1290. The quantitative estimate of drug-likeness (QED) is 0.456. The third kappa shape index (κ3) is 4.63. The van der Waals surface area contributed by atoms with Gasteiger partial charge in [0.2, 0.25) is 5.91 Å². The number of anilines is 2. The summed E-state index contributed by atoms with van der Waals surface area (Å²) in [5.74, 6) is -9.42. The summed E-state index contributed by atoms with van der Waals surface area (Å²) >= 11 is 0. The topological polar surface area (TPSA) is 110 Å². The van der Waals surface area contributed by atoms with Crippen LogP contribution in [0.25, 0.3) is 0 Å². The number of hydrogen-bond acceptors (Lipinski definition) is 4. The number of benzene rings is 2. The lowest BCUT2D eigenvalue weighted by atomic mass is 10.0. The molecule has 0 bridgehead atoms. The molecule has 9 nitrogen and oxygen atoms in total.